The van der Waals surface area contributed by atoms with E-state index in [4.69, 9.17) is 9.47 Å². The monoisotopic (exact) mass is 181 g/mol. The normalized spacial score (nSPS) is 31.1. The quantitative estimate of drug-likeness (QED) is 0.671. The van der Waals surface area contributed by atoms with Gasteiger partial charge in [-0.25, -0.2) is 0 Å². The largest absolute Gasteiger partial charge is 0.382 e. The smallest absolute Gasteiger partial charge is 0.0936 e. The van der Waals surface area contributed by atoms with Crippen LogP contribution in [0.5, 0.6) is 0 Å². The minimum absolute atomic E-state index is 0. The van der Waals surface area contributed by atoms with Crippen LogP contribution in [0.2, 0.25) is 0 Å². The summed E-state index contributed by atoms with van der Waals surface area (Å²) in [6.07, 6.45) is 0.572. The summed E-state index contributed by atoms with van der Waals surface area (Å²) in [5, 5.41) is 3.26. The zero-order valence-corrected chi connectivity index (χ0v) is 7.82. The second-order valence-electron chi connectivity index (χ2n) is 2.68. The molecule has 0 amide bonds. The Hall–Kier alpha value is 0.170. The fourth-order valence-corrected chi connectivity index (χ4v) is 1.16. The maximum absolute atomic E-state index is 5.54. The lowest BCUT2D eigenvalue weighted by molar-refractivity contribution is -0.0602. The molecule has 0 radical (unpaired) electrons. The van der Waals surface area contributed by atoms with Gasteiger partial charge in [0.2, 0.25) is 0 Å². The van der Waals surface area contributed by atoms with Crippen molar-refractivity contribution in [2.75, 3.05) is 26.8 Å². The molecule has 1 fully saturated rings. The molecule has 68 valence electrons. The molecule has 0 aromatic carbocycles. The Kier molecular flexibility index (Phi) is 5.86. The summed E-state index contributed by atoms with van der Waals surface area (Å²) in [5.74, 6) is 0. The number of ether oxygens (including phenoxy) is 2. The molecule has 0 spiro atoms. The van der Waals surface area contributed by atoms with Crippen molar-refractivity contribution in [3.05, 3.63) is 0 Å². The first-order valence-corrected chi connectivity index (χ1v) is 3.68. The van der Waals surface area contributed by atoms with Crippen LogP contribution in [0.25, 0.3) is 0 Å². The highest BCUT2D eigenvalue weighted by atomic mass is 35.5. The third kappa shape index (κ3) is 3.91. The van der Waals surface area contributed by atoms with Crippen LogP contribution in [0.4, 0.5) is 0 Å². The molecule has 1 aliphatic heterocycles. The van der Waals surface area contributed by atoms with Gasteiger partial charge < -0.3 is 14.8 Å². The van der Waals surface area contributed by atoms with E-state index in [0.717, 1.165) is 13.1 Å². The van der Waals surface area contributed by atoms with E-state index in [1.807, 2.05) is 0 Å². The number of rotatable bonds is 2. The summed E-state index contributed by atoms with van der Waals surface area (Å²) < 4.78 is 10.5. The average Bonchev–Trinajstić information content (AvgIpc) is 1.88. The van der Waals surface area contributed by atoms with Gasteiger partial charge in [-0.3, -0.25) is 0 Å². The summed E-state index contributed by atoms with van der Waals surface area (Å²) in [4.78, 5) is 0. The molecular weight excluding hydrogens is 166 g/mol. The Bertz CT molecular complexity index is 100. The van der Waals surface area contributed by atoms with E-state index in [1.165, 1.54) is 0 Å². The lowest BCUT2D eigenvalue weighted by Gasteiger charge is -2.27. The van der Waals surface area contributed by atoms with Crippen molar-refractivity contribution in [2.45, 2.75) is 19.1 Å². The van der Waals surface area contributed by atoms with E-state index < -0.39 is 0 Å². The van der Waals surface area contributed by atoms with Gasteiger partial charge >= 0.3 is 0 Å². The molecule has 0 saturated carbocycles. The highest BCUT2D eigenvalue weighted by molar-refractivity contribution is 5.85. The maximum atomic E-state index is 5.54. The first kappa shape index (κ1) is 11.2. The SMILES string of the molecule is COCC1CNC[C@H](C)O1.Cl. The van der Waals surface area contributed by atoms with Crippen LogP contribution in [0.3, 0.4) is 0 Å². The van der Waals surface area contributed by atoms with E-state index in [-0.39, 0.29) is 18.5 Å². The van der Waals surface area contributed by atoms with Crippen molar-refractivity contribution in [1.82, 2.24) is 5.32 Å². The van der Waals surface area contributed by atoms with Crippen LogP contribution < -0.4 is 5.32 Å². The van der Waals surface area contributed by atoms with Gasteiger partial charge in [0, 0.05) is 20.2 Å². The fourth-order valence-electron chi connectivity index (χ4n) is 1.16. The summed E-state index contributed by atoms with van der Waals surface area (Å²) in [6, 6.07) is 0. The Morgan fingerprint density at radius 3 is 2.82 bits per heavy atom. The van der Waals surface area contributed by atoms with Gasteiger partial charge in [-0.05, 0) is 6.92 Å². The number of hydrogen-bond acceptors (Lipinski definition) is 3. The number of nitrogens with one attached hydrogen (secondary N) is 1. The molecule has 11 heavy (non-hydrogen) atoms. The molecule has 0 aliphatic carbocycles. The van der Waals surface area contributed by atoms with Crippen molar-refractivity contribution in [2.24, 2.45) is 0 Å². The number of hydrogen-bond donors (Lipinski definition) is 1. The fraction of sp³-hybridized carbons (Fsp3) is 1.00. The van der Waals surface area contributed by atoms with Crippen LogP contribution in [0, 0.1) is 0 Å². The second-order valence-corrected chi connectivity index (χ2v) is 2.68. The molecular formula is C7H16ClNO2. The van der Waals surface area contributed by atoms with Crippen molar-refractivity contribution < 1.29 is 9.47 Å². The third-order valence-electron chi connectivity index (χ3n) is 1.58. The van der Waals surface area contributed by atoms with Crippen LogP contribution in [-0.2, 0) is 9.47 Å². The molecule has 1 N–H and O–H groups in total. The van der Waals surface area contributed by atoms with Gasteiger partial charge in [0.05, 0.1) is 18.8 Å². The zero-order valence-electron chi connectivity index (χ0n) is 7.00. The molecule has 4 heteroatoms. The standard InChI is InChI=1S/C7H15NO2.ClH/c1-6-3-8-4-7(10-6)5-9-2;/h6-8H,3-5H2,1-2H3;1H/t6-,7?;/m0./s1. The predicted molar refractivity (Wildman–Crippen MR) is 46.3 cm³/mol. The zero-order chi connectivity index (χ0) is 7.40. The molecule has 1 aliphatic rings. The number of morpholine rings is 1. The van der Waals surface area contributed by atoms with Gasteiger partial charge in [0.15, 0.2) is 0 Å². The molecule has 0 aromatic rings. The molecule has 3 nitrogen and oxygen atoms in total. The molecule has 2 atom stereocenters. The Morgan fingerprint density at radius 1 is 1.55 bits per heavy atom. The van der Waals surface area contributed by atoms with Gasteiger partial charge in [0.1, 0.15) is 0 Å². The third-order valence-corrected chi connectivity index (χ3v) is 1.58. The first-order chi connectivity index (χ1) is 4.83. The van der Waals surface area contributed by atoms with Crippen molar-refractivity contribution in [3.63, 3.8) is 0 Å². The van der Waals surface area contributed by atoms with Crippen LogP contribution >= 0.6 is 12.4 Å². The molecule has 0 aromatic heterocycles. The summed E-state index contributed by atoms with van der Waals surface area (Å²) in [7, 11) is 1.70. The van der Waals surface area contributed by atoms with Crippen molar-refractivity contribution in [1.29, 1.82) is 0 Å². The number of halogens is 1. The van der Waals surface area contributed by atoms with E-state index >= 15 is 0 Å². The minimum atomic E-state index is 0. The molecule has 0 bridgehead atoms. The summed E-state index contributed by atoms with van der Waals surface area (Å²) in [5.41, 5.74) is 0. The van der Waals surface area contributed by atoms with Crippen LogP contribution in [0.15, 0.2) is 0 Å². The van der Waals surface area contributed by atoms with E-state index in [0.29, 0.717) is 12.7 Å². The topological polar surface area (TPSA) is 30.5 Å². The van der Waals surface area contributed by atoms with Gasteiger partial charge in [-0.2, -0.15) is 0 Å². The van der Waals surface area contributed by atoms with E-state index in [9.17, 15) is 0 Å². The van der Waals surface area contributed by atoms with Crippen molar-refractivity contribution in [3.8, 4) is 0 Å². The molecule has 1 rings (SSSR count). The summed E-state index contributed by atoms with van der Waals surface area (Å²) in [6.45, 7) is 4.63. The van der Waals surface area contributed by atoms with Gasteiger partial charge in [-0.15, -0.1) is 12.4 Å². The first-order valence-electron chi connectivity index (χ1n) is 3.68. The van der Waals surface area contributed by atoms with E-state index in [1.54, 1.807) is 7.11 Å². The summed E-state index contributed by atoms with van der Waals surface area (Å²) >= 11 is 0. The molecule has 1 heterocycles. The lowest BCUT2D eigenvalue weighted by Crippen LogP contribution is -2.45. The number of methoxy groups -OCH3 is 1. The Labute approximate surface area is 73.9 Å². The van der Waals surface area contributed by atoms with Gasteiger partial charge in [0.25, 0.3) is 0 Å². The van der Waals surface area contributed by atoms with Crippen LogP contribution in [0.1, 0.15) is 6.92 Å². The molecule has 1 unspecified atom stereocenters. The Balaban J connectivity index is 0.000001000. The predicted octanol–water partition coefficient (Wildman–Crippen LogP) is 0.432. The molecule has 1 saturated heterocycles. The highest BCUT2D eigenvalue weighted by Gasteiger charge is 2.17. The van der Waals surface area contributed by atoms with Gasteiger partial charge in [-0.1, -0.05) is 0 Å². The highest BCUT2D eigenvalue weighted by Crippen LogP contribution is 2.02. The minimum Gasteiger partial charge on any atom is -0.382 e. The van der Waals surface area contributed by atoms with Crippen molar-refractivity contribution >= 4 is 12.4 Å². The Morgan fingerprint density at radius 2 is 2.27 bits per heavy atom. The average molecular weight is 182 g/mol. The second kappa shape index (κ2) is 5.77. The van der Waals surface area contributed by atoms with Crippen LogP contribution in [-0.4, -0.2) is 39.0 Å². The van der Waals surface area contributed by atoms with E-state index in [2.05, 4.69) is 12.2 Å². The maximum Gasteiger partial charge on any atom is 0.0936 e. The lowest BCUT2D eigenvalue weighted by atomic mass is 10.2.